The first-order chi connectivity index (χ1) is 10.1. The number of benzene rings is 2. The van der Waals surface area contributed by atoms with Gasteiger partial charge in [0, 0.05) is 15.6 Å². The maximum Gasteiger partial charge on any atom is 0.205 e. The van der Waals surface area contributed by atoms with E-state index in [9.17, 15) is 8.78 Å². The monoisotopic (exact) mass is 350 g/mol. The lowest BCUT2D eigenvalue weighted by molar-refractivity contribution is 0.538. The molecule has 21 heavy (non-hydrogen) atoms. The first-order valence-corrected chi connectivity index (χ1v) is 6.89. The summed E-state index contributed by atoms with van der Waals surface area (Å²) in [5, 5.41) is 11.8. The van der Waals surface area contributed by atoms with E-state index in [4.69, 9.17) is 0 Å². The molecule has 4 nitrogen and oxygen atoms in total. The molecular formula is C14H9BrF2N4. The average Bonchev–Trinajstić information content (AvgIpc) is 2.91. The van der Waals surface area contributed by atoms with Crippen LogP contribution in [-0.4, -0.2) is 20.2 Å². The van der Waals surface area contributed by atoms with Crippen LogP contribution in [-0.2, 0) is 6.54 Å². The lowest BCUT2D eigenvalue weighted by Gasteiger charge is -2.02. The molecule has 3 rings (SSSR count). The summed E-state index contributed by atoms with van der Waals surface area (Å²) in [5.41, 5.74) is 0.971. The number of hydrogen-bond donors (Lipinski definition) is 0. The van der Waals surface area contributed by atoms with Gasteiger partial charge in [-0.3, -0.25) is 0 Å². The Hall–Kier alpha value is -2.15. The zero-order valence-electron chi connectivity index (χ0n) is 10.7. The maximum atomic E-state index is 13.7. The second-order valence-corrected chi connectivity index (χ2v) is 5.31. The Morgan fingerprint density at radius 2 is 1.95 bits per heavy atom. The van der Waals surface area contributed by atoms with Crippen molar-refractivity contribution < 1.29 is 8.78 Å². The van der Waals surface area contributed by atoms with Crippen LogP contribution in [0.2, 0.25) is 0 Å². The fourth-order valence-electron chi connectivity index (χ4n) is 1.86. The first kappa shape index (κ1) is 13.8. The maximum absolute atomic E-state index is 13.7. The van der Waals surface area contributed by atoms with Crippen LogP contribution in [0.3, 0.4) is 0 Å². The van der Waals surface area contributed by atoms with Gasteiger partial charge in [0.2, 0.25) is 5.82 Å². The summed E-state index contributed by atoms with van der Waals surface area (Å²) in [7, 11) is 0. The van der Waals surface area contributed by atoms with Crippen molar-refractivity contribution in [2.75, 3.05) is 0 Å². The number of aromatic nitrogens is 4. The molecule has 0 unspecified atom stereocenters. The van der Waals surface area contributed by atoms with Crippen molar-refractivity contribution >= 4 is 15.9 Å². The summed E-state index contributed by atoms with van der Waals surface area (Å²) in [6.07, 6.45) is 0. The average molecular weight is 351 g/mol. The van der Waals surface area contributed by atoms with Crippen molar-refractivity contribution in [2.45, 2.75) is 6.54 Å². The smallest absolute Gasteiger partial charge is 0.205 e. The molecule has 0 N–H and O–H groups in total. The number of hydrogen-bond acceptors (Lipinski definition) is 3. The highest BCUT2D eigenvalue weighted by molar-refractivity contribution is 9.10. The Morgan fingerprint density at radius 3 is 2.71 bits per heavy atom. The van der Waals surface area contributed by atoms with Crippen LogP contribution in [0.4, 0.5) is 8.78 Å². The first-order valence-electron chi connectivity index (χ1n) is 6.09. The molecule has 1 heterocycles. The standard InChI is InChI=1S/C14H9BrF2N4/c15-11-5-4-10(13(17)7-11)8-21-19-14(18-20-21)9-2-1-3-12(16)6-9/h1-7H,8H2. The molecule has 7 heteroatoms. The van der Waals surface area contributed by atoms with Gasteiger partial charge in [0.1, 0.15) is 11.6 Å². The van der Waals surface area contributed by atoms with Crippen molar-refractivity contribution in [3.63, 3.8) is 0 Å². The molecule has 0 aliphatic carbocycles. The highest BCUT2D eigenvalue weighted by atomic mass is 79.9. The molecule has 1 aromatic heterocycles. The normalized spacial score (nSPS) is 10.8. The number of tetrazole rings is 1. The van der Waals surface area contributed by atoms with E-state index in [0.717, 1.165) is 0 Å². The predicted molar refractivity (Wildman–Crippen MR) is 76.4 cm³/mol. The van der Waals surface area contributed by atoms with Crippen LogP contribution in [0.5, 0.6) is 0 Å². The molecule has 0 atom stereocenters. The van der Waals surface area contributed by atoms with E-state index < -0.39 is 0 Å². The van der Waals surface area contributed by atoms with Gasteiger partial charge >= 0.3 is 0 Å². The summed E-state index contributed by atoms with van der Waals surface area (Å²) in [4.78, 5) is 1.27. The van der Waals surface area contributed by atoms with Gasteiger partial charge in [-0.05, 0) is 29.5 Å². The van der Waals surface area contributed by atoms with Crippen LogP contribution >= 0.6 is 15.9 Å². The second-order valence-electron chi connectivity index (χ2n) is 4.39. The van der Waals surface area contributed by atoms with Crippen molar-refractivity contribution in [2.24, 2.45) is 0 Å². The summed E-state index contributed by atoms with van der Waals surface area (Å²) >= 11 is 3.20. The van der Waals surface area contributed by atoms with Gasteiger partial charge in [0.25, 0.3) is 0 Å². The minimum Gasteiger partial charge on any atom is -0.207 e. The number of rotatable bonds is 3. The summed E-state index contributed by atoms with van der Waals surface area (Å²) < 4.78 is 27.6. The zero-order chi connectivity index (χ0) is 14.8. The van der Waals surface area contributed by atoms with Crippen LogP contribution < -0.4 is 0 Å². The molecule has 0 spiro atoms. The van der Waals surface area contributed by atoms with Crippen LogP contribution in [0.25, 0.3) is 11.4 Å². The Morgan fingerprint density at radius 1 is 1.10 bits per heavy atom. The SMILES string of the molecule is Fc1cccc(-c2nnn(Cc3ccc(Br)cc3F)n2)c1. The lowest BCUT2D eigenvalue weighted by atomic mass is 10.2. The highest BCUT2D eigenvalue weighted by Gasteiger charge is 2.09. The summed E-state index contributed by atoms with van der Waals surface area (Å²) in [5.74, 6) is -0.427. The fraction of sp³-hybridized carbons (Fsp3) is 0.0714. The Labute approximate surface area is 127 Å². The number of halogens is 3. The Kier molecular flexibility index (Phi) is 3.74. The van der Waals surface area contributed by atoms with E-state index in [2.05, 4.69) is 31.3 Å². The van der Waals surface area contributed by atoms with Gasteiger partial charge in [-0.2, -0.15) is 4.80 Å². The molecule has 0 radical (unpaired) electrons. The largest absolute Gasteiger partial charge is 0.207 e. The van der Waals surface area contributed by atoms with Gasteiger partial charge in [0.15, 0.2) is 0 Å². The van der Waals surface area contributed by atoms with Gasteiger partial charge in [-0.15, -0.1) is 10.2 Å². The van der Waals surface area contributed by atoms with E-state index in [1.807, 2.05) is 0 Å². The molecule has 3 aromatic rings. The topological polar surface area (TPSA) is 43.6 Å². The molecule has 2 aromatic carbocycles. The summed E-state index contributed by atoms with van der Waals surface area (Å²) in [6.45, 7) is 0.154. The summed E-state index contributed by atoms with van der Waals surface area (Å²) in [6, 6.07) is 10.7. The van der Waals surface area contributed by atoms with Gasteiger partial charge < -0.3 is 0 Å². The number of nitrogens with zero attached hydrogens (tertiary/aromatic N) is 4. The zero-order valence-corrected chi connectivity index (χ0v) is 12.3. The lowest BCUT2D eigenvalue weighted by Crippen LogP contribution is -2.05. The van der Waals surface area contributed by atoms with Gasteiger partial charge in [0.05, 0.1) is 6.54 Å². The minimum atomic E-state index is -0.372. The van der Waals surface area contributed by atoms with E-state index in [1.54, 1.807) is 24.3 Å². The molecule has 0 aliphatic heterocycles. The third-order valence-corrected chi connectivity index (χ3v) is 3.36. The van der Waals surface area contributed by atoms with Crippen LogP contribution in [0.15, 0.2) is 46.9 Å². The van der Waals surface area contributed by atoms with Gasteiger partial charge in [-0.1, -0.05) is 34.1 Å². The van der Waals surface area contributed by atoms with Crippen molar-refractivity contribution in [1.29, 1.82) is 0 Å². The molecule has 0 bridgehead atoms. The minimum absolute atomic E-state index is 0.154. The molecule has 0 fully saturated rings. The molecule has 106 valence electrons. The third kappa shape index (κ3) is 3.13. The fourth-order valence-corrected chi connectivity index (χ4v) is 2.19. The molecule has 0 saturated carbocycles. The van der Waals surface area contributed by atoms with Crippen LogP contribution in [0, 0.1) is 11.6 Å². The van der Waals surface area contributed by atoms with E-state index in [-0.39, 0.29) is 18.2 Å². The van der Waals surface area contributed by atoms with E-state index in [0.29, 0.717) is 21.4 Å². The molecule has 0 amide bonds. The Bertz CT molecular complexity index is 788. The van der Waals surface area contributed by atoms with Crippen molar-refractivity contribution in [1.82, 2.24) is 20.2 Å². The molecule has 0 saturated heterocycles. The molecule has 0 aliphatic rings. The highest BCUT2D eigenvalue weighted by Crippen LogP contribution is 2.17. The second kappa shape index (κ2) is 5.69. The van der Waals surface area contributed by atoms with E-state index in [1.165, 1.54) is 23.0 Å². The Balaban J connectivity index is 1.85. The third-order valence-electron chi connectivity index (χ3n) is 2.86. The molecular weight excluding hydrogens is 342 g/mol. The van der Waals surface area contributed by atoms with Crippen molar-refractivity contribution in [3.05, 3.63) is 64.1 Å². The van der Waals surface area contributed by atoms with E-state index >= 15 is 0 Å². The van der Waals surface area contributed by atoms with Crippen LogP contribution in [0.1, 0.15) is 5.56 Å². The quantitative estimate of drug-likeness (QED) is 0.726. The van der Waals surface area contributed by atoms with Crippen molar-refractivity contribution in [3.8, 4) is 11.4 Å². The predicted octanol–water partition coefficient (Wildman–Crippen LogP) is 3.43. The van der Waals surface area contributed by atoms with Gasteiger partial charge in [-0.25, -0.2) is 8.78 Å².